The third kappa shape index (κ3) is 5.42. The van der Waals surface area contributed by atoms with Crippen LogP contribution >= 0.6 is 11.3 Å². The van der Waals surface area contributed by atoms with Crippen LogP contribution in [0.3, 0.4) is 0 Å². The number of carbonyl (C=O) groups is 1. The summed E-state index contributed by atoms with van der Waals surface area (Å²) in [6.45, 7) is 4.20. The molecule has 2 aromatic rings. The lowest BCUT2D eigenvalue weighted by Crippen LogP contribution is -2.24. The Hall–Kier alpha value is -1.77. The first-order chi connectivity index (χ1) is 10.7. The van der Waals surface area contributed by atoms with Crippen LogP contribution in [-0.4, -0.2) is 32.1 Å². The number of hydrogen-bond acceptors (Lipinski definition) is 5. The van der Waals surface area contributed by atoms with Gasteiger partial charge in [-0.15, -0.1) is 11.3 Å². The van der Waals surface area contributed by atoms with Gasteiger partial charge in [-0.25, -0.2) is 18.1 Å². The Bertz CT molecular complexity index is 776. The van der Waals surface area contributed by atoms with E-state index < -0.39 is 10.0 Å². The van der Waals surface area contributed by atoms with Crippen LogP contribution in [0.2, 0.25) is 0 Å². The van der Waals surface area contributed by atoms with Crippen LogP contribution < -0.4 is 10.0 Å². The van der Waals surface area contributed by atoms with Gasteiger partial charge in [-0.1, -0.05) is 12.1 Å². The lowest BCUT2D eigenvalue weighted by molar-refractivity contribution is 0.102. The zero-order valence-electron chi connectivity index (χ0n) is 13.2. The van der Waals surface area contributed by atoms with Crippen LogP contribution in [-0.2, 0) is 16.4 Å². The summed E-state index contributed by atoms with van der Waals surface area (Å²) < 4.78 is 24.4. The standard InChI is InChI=1S/C15H19N3O3S2/c1-10-11(2)22-15(17-10)18-14(19)13-6-4-12(5-7-13)8-9-16-23(3,20)21/h4-7,16H,8-9H2,1-3H3,(H,17,18,19). The molecule has 0 aliphatic rings. The molecule has 0 atom stereocenters. The number of anilines is 1. The maximum absolute atomic E-state index is 12.2. The molecule has 0 aliphatic heterocycles. The van der Waals surface area contributed by atoms with E-state index in [-0.39, 0.29) is 5.91 Å². The highest BCUT2D eigenvalue weighted by atomic mass is 32.2. The number of aryl methyl sites for hydroxylation is 2. The van der Waals surface area contributed by atoms with E-state index in [0.29, 0.717) is 23.7 Å². The number of amides is 1. The Morgan fingerprint density at radius 1 is 1.22 bits per heavy atom. The topological polar surface area (TPSA) is 88.2 Å². The Labute approximate surface area is 140 Å². The number of rotatable bonds is 6. The maximum atomic E-state index is 12.2. The van der Waals surface area contributed by atoms with E-state index in [2.05, 4.69) is 15.0 Å². The molecule has 1 aromatic heterocycles. The van der Waals surface area contributed by atoms with E-state index in [4.69, 9.17) is 0 Å². The lowest BCUT2D eigenvalue weighted by Gasteiger charge is -2.05. The zero-order chi connectivity index (χ0) is 17.0. The number of nitrogens with zero attached hydrogens (tertiary/aromatic N) is 1. The van der Waals surface area contributed by atoms with Gasteiger partial charge in [0.15, 0.2) is 5.13 Å². The van der Waals surface area contributed by atoms with Crippen LogP contribution in [0.25, 0.3) is 0 Å². The second kappa shape index (κ2) is 7.20. The molecule has 23 heavy (non-hydrogen) atoms. The molecule has 6 nitrogen and oxygen atoms in total. The van der Waals surface area contributed by atoms with E-state index in [1.165, 1.54) is 11.3 Å². The van der Waals surface area contributed by atoms with Crippen LogP contribution in [0.4, 0.5) is 5.13 Å². The van der Waals surface area contributed by atoms with Crippen molar-refractivity contribution in [1.29, 1.82) is 0 Å². The summed E-state index contributed by atoms with van der Waals surface area (Å²) in [6.07, 6.45) is 1.70. The fourth-order valence-electron chi connectivity index (χ4n) is 1.90. The summed E-state index contributed by atoms with van der Waals surface area (Å²) >= 11 is 1.45. The SMILES string of the molecule is Cc1nc(NC(=O)c2ccc(CCNS(C)(=O)=O)cc2)sc1C. The summed E-state index contributed by atoms with van der Waals surface area (Å²) in [4.78, 5) is 17.5. The van der Waals surface area contributed by atoms with E-state index in [9.17, 15) is 13.2 Å². The number of aromatic nitrogens is 1. The number of hydrogen-bond donors (Lipinski definition) is 2. The summed E-state index contributed by atoms with van der Waals surface area (Å²) in [5.41, 5.74) is 2.41. The quantitative estimate of drug-likeness (QED) is 0.832. The normalized spacial score (nSPS) is 11.4. The fraction of sp³-hybridized carbons (Fsp3) is 0.333. The fourth-order valence-corrected chi connectivity index (χ4v) is 3.18. The van der Waals surface area contributed by atoms with Crippen molar-refractivity contribution in [3.05, 3.63) is 46.0 Å². The third-order valence-electron chi connectivity index (χ3n) is 3.24. The number of benzene rings is 1. The molecule has 2 rings (SSSR count). The van der Waals surface area contributed by atoms with Crippen LogP contribution in [0.5, 0.6) is 0 Å². The number of thiazole rings is 1. The average molecular weight is 353 g/mol. The predicted molar refractivity (Wildman–Crippen MR) is 92.5 cm³/mol. The minimum absolute atomic E-state index is 0.209. The molecule has 0 aliphatic carbocycles. The van der Waals surface area contributed by atoms with Gasteiger partial charge in [0.25, 0.3) is 5.91 Å². The minimum Gasteiger partial charge on any atom is -0.298 e. The van der Waals surface area contributed by atoms with Crippen LogP contribution in [0, 0.1) is 13.8 Å². The summed E-state index contributed by atoms with van der Waals surface area (Å²) in [5, 5.41) is 3.37. The highest BCUT2D eigenvalue weighted by Gasteiger charge is 2.10. The molecular formula is C15H19N3O3S2. The highest BCUT2D eigenvalue weighted by molar-refractivity contribution is 7.88. The molecular weight excluding hydrogens is 334 g/mol. The lowest BCUT2D eigenvalue weighted by atomic mass is 10.1. The first kappa shape index (κ1) is 17.6. The van der Waals surface area contributed by atoms with E-state index in [0.717, 1.165) is 22.4 Å². The number of sulfonamides is 1. The van der Waals surface area contributed by atoms with Gasteiger partial charge in [0, 0.05) is 17.0 Å². The smallest absolute Gasteiger partial charge is 0.257 e. The molecule has 8 heteroatoms. The molecule has 124 valence electrons. The van der Waals surface area contributed by atoms with Gasteiger partial charge in [0.1, 0.15) is 0 Å². The Balaban J connectivity index is 1.94. The van der Waals surface area contributed by atoms with Gasteiger partial charge in [0.05, 0.1) is 11.9 Å². The minimum atomic E-state index is -3.17. The van der Waals surface area contributed by atoms with Crippen molar-refractivity contribution in [2.24, 2.45) is 0 Å². The van der Waals surface area contributed by atoms with Gasteiger partial charge in [-0.2, -0.15) is 0 Å². The molecule has 2 N–H and O–H groups in total. The molecule has 0 unspecified atom stereocenters. The van der Waals surface area contributed by atoms with Crippen molar-refractivity contribution in [2.45, 2.75) is 20.3 Å². The van der Waals surface area contributed by atoms with Gasteiger partial charge in [0.2, 0.25) is 10.0 Å². The first-order valence-electron chi connectivity index (χ1n) is 7.03. The van der Waals surface area contributed by atoms with Crippen LogP contribution in [0.1, 0.15) is 26.5 Å². The van der Waals surface area contributed by atoms with E-state index in [1.807, 2.05) is 26.0 Å². The van der Waals surface area contributed by atoms with Crippen LogP contribution in [0.15, 0.2) is 24.3 Å². The Morgan fingerprint density at radius 3 is 2.39 bits per heavy atom. The monoisotopic (exact) mass is 353 g/mol. The molecule has 1 amide bonds. The van der Waals surface area contributed by atoms with Crippen molar-refractivity contribution in [3.63, 3.8) is 0 Å². The summed E-state index contributed by atoms with van der Waals surface area (Å²) in [7, 11) is -3.17. The van der Waals surface area contributed by atoms with Crippen molar-refractivity contribution < 1.29 is 13.2 Å². The Morgan fingerprint density at radius 2 is 1.87 bits per heavy atom. The van der Waals surface area contributed by atoms with Gasteiger partial charge >= 0.3 is 0 Å². The van der Waals surface area contributed by atoms with E-state index in [1.54, 1.807) is 12.1 Å². The second-order valence-corrected chi connectivity index (χ2v) is 8.26. The molecule has 0 spiro atoms. The Kier molecular flexibility index (Phi) is 5.51. The molecule has 0 saturated carbocycles. The molecule has 0 radical (unpaired) electrons. The van der Waals surface area contributed by atoms with Crippen molar-refractivity contribution >= 4 is 32.4 Å². The maximum Gasteiger partial charge on any atom is 0.257 e. The van der Waals surface area contributed by atoms with E-state index >= 15 is 0 Å². The summed E-state index contributed by atoms with van der Waals surface area (Å²) in [6, 6.07) is 7.07. The average Bonchev–Trinajstić information content (AvgIpc) is 2.76. The third-order valence-corrected chi connectivity index (χ3v) is 4.96. The predicted octanol–water partition coefficient (Wildman–Crippen LogP) is 2.10. The second-order valence-electron chi connectivity index (χ2n) is 5.23. The highest BCUT2D eigenvalue weighted by Crippen LogP contribution is 2.21. The van der Waals surface area contributed by atoms with Gasteiger partial charge < -0.3 is 0 Å². The largest absolute Gasteiger partial charge is 0.298 e. The van der Waals surface area contributed by atoms with Crippen molar-refractivity contribution in [1.82, 2.24) is 9.71 Å². The molecule has 1 heterocycles. The molecule has 0 fully saturated rings. The summed E-state index contributed by atoms with van der Waals surface area (Å²) in [5.74, 6) is -0.209. The van der Waals surface area contributed by atoms with Gasteiger partial charge in [-0.05, 0) is 38.0 Å². The molecule has 0 saturated heterocycles. The molecule has 0 bridgehead atoms. The van der Waals surface area contributed by atoms with Crippen molar-refractivity contribution in [2.75, 3.05) is 18.1 Å². The number of carbonyl (C=O) groups excluding carboxylic acids is 1. The zero-order valence-corrected chi connectivity index (χ0v) is 14.8. The molecule has 1 aromatic carbocycles. The first-order valence-corrected chi connectivity index (χ1v) is 9.74. The van der Waals surface area contributed by atoms with Crippen molar-refractivity contribution in [3.8, 4) is 0 Å². The van der Waals surface area contributed by atoms with Gasteiger partial charge in [-0.3, -0.25) is 10.1 Å². The number of nitrogens with one attached hydrogen (secondary N) is 2.